The highest BCUT2D eigenvalue weighted by Gasteiger charge is 1.96. The largest absolute Gasteiger partial charge is 0.312 e. The fourth-order valence-corrected chi connectivity index (χ4v) is 1.63. The second-order valence-corrected chi connectivity index (χ2v) is 3.66. The summed E-state index contributed by atoms with van der Waals surface area (Å²) in [6.45, 7) is 1.72. The van der Waals surface area contributed by atoms with Crippen molar-refractivity contribution in [1.29, 1.82) is 0 Å². The Balaban J connectivity index is 2.05. The monoisotopic (exact) mass is 210 g/mol. The molecule has 0 aliphatic heterocycles. The van der Waals surface area contributed by atoms with Gasteiger partial charge < -0.3 is 5.32 Å². The number of terminal acetylenes is 1. The molecule has 2 aromatic rings. The van der Waals surface area contributed by atoms with E-state index in [1.807, 2.05) is 18.3 Å². The minimum absolute atomic E-state index is 0.773. The van der Waals surface area contributed by atoms with Crippen molar-refractivity contribution in [2.75, 3.05) is 6.54 Å². The van der Waals surface area contributed by atoms with Gasteiger partial charge in [-0.3, -0.25) is 4.98 Å². The van der Waals surface area contributed by atoms with Crippen molar-refractivity contribution in [2.45, 2.75) is 13.0 Å². The number of benzene rings is 1. The van der Waals surface area contributed by atoms with Crippen molar-refractivity contribution in [2.24, 2.45) is 0 Å². The molecule has 0 aliphatic rings. The van der Waals surface area contributed by atoms with Crippen LogP contribution in [0.15, 0.2) is 36.5 Å². The molecule has 0 bridgehead atoms. The van der Waals surface area contributed by atoms with E-state index >= 15 is 0 Å². The van der Waals surface area contributed by atoms with Gasteiger partial charge in [0.2, 0.25) is 0 Å². The lowest BCUT2D eigenvalue weighted by atomic mass is 10.1. The number of hydrogen-bond acceptors (Lipinski definition) is 2. The molecule has 0 saturated heterocycles. The number of nitrogens with one attached hydrogen (secondary N) is 1. The normalized spacial score (nSPS) is 10.2. The first-order valence-corrected chi connectivity index (χ1v) is 5.38. The van der Waals surface area contributed by atoms with E-state index in [9.17, 15) is 0 Å². The summed E-state index contributed by atoms with van der Waals surface area (Å²) in [6, 6.07) is 10.3. The number of rotatable bonds is 4. The molecule has 1 N–H and O–H groups in total. The third-order valence-corrected chi connectivity index (χ3v) is 2.44. The van der Waals surface area contributed by atoms with Crippen LogP contribution in [0.2, 0.25) is 0 Å². The Morgan fingerprint density at radius 3 is 3.12 bits per heavy atom. The Morgan fingerprint density at radius 2 is 2.25 bits per heavy atom. The predicted octanol–water partition coefficient (Wildman–Crippen LogP) is 2.35. The predicted molar refractivity (Wildman–Crippen MR) is 66.9 cm³/mol. The van der Waals surface area contributed by atoms with Crippen molar-refractivity contribution in [3.05, 3.63) is 42.1 Å². The van der Waals surface area contributed by atoms with Crippen LogP contribution in [0.3, 0.4) is 0 Å². The number of hydrogen-bond donors (Lipinski definition) is 1. The molecule has 0 amide bonds. The Bertz CT molecular complexity index is 511. The number of nitrogens with zero attached hydrogens (tertiary/aromatic N) is 1. The minimum Gasteiger partial charge on any atom is -0.312 e. The van der Waals surface area contributed by atoms with Crippen LogP contribution in [0.5, 0.6) is 0 Å². The van der Waals surface area contributed by atoms with Gasteiger partial charge in [0, 0.05) is 31.1 Å². The molecule has 80 valence electrons. The zero-order valence-corrected chi connectivity index (χ0v) is 9.11. The van der Waals surface area contributed by atoms with Gasteiger partial charge in [0.1, 0.15) is 0 Å². The standard InChI is InChI=1S/C14H14N2/c1-2-3-8-15-11-12-6-7-14-13(10-12)5-4-9-16-14/h1,4-7,9-10,15H,3,8,11H2. The lowest BCUT2D eigenvalue weighted by Crippen LogP contribution is -2.13. The minimum atomic E-state index is 0.773. The second-order valence-electron chi connectivity index (χ2n) is 3.66. The molecule has 0 aliphatic carbocycles. The van der Waals surface area contributed by atoms with E-state index in [-0.39, 0.29) is 0 Å². The lowest BCUT2D eigenvalue weighted by Gasteiger charge is -2.04. The maximum atomic E-state index is 5.18. The SMILES string of the molecule is C#CCCNCc1ccc2ncccc2c1. The van der Waals surface area contributed by atoms with Gasteiger partial charge >= 0.3 is 0 Å². The lowest BCUT2D eigenvalue weighted by molar-refractivity contribution is 0.702. The summed E-state index contributed by atoms with van der Waals surface area (Å²) in [6.07, 6.45) is 7.77. The van der Waals surface area contributed by atoms with Gasteiger partial charge in [-0.15, -0.1) is 12.3 Å². The number of pyridine rings is 1. The first kappa shape index (κ1) is 10.7. The summed E-state index contributed by atoms with van der Waals surface area (Å²) in [4.78, 5) is 4.29. The summed E-state index contributed by atoms with van der Waals surface area (Å²) in [5, 5.41) is 4.48. The average Bonchev–Trinajstić information content (AvgIpc) is 2.34. The van der Waals surface area contributed by atoms with Crippen molar-refractivity contribution >= 4 is 10.9 Å². The van der Waals surface area contributed by atoms with Crippen molar-refractivity contribution in [3.8, 4) is 12.3 Å². The smallest absolute Gasteiger partial charge is 0.0702 e. The molecule has 0 unspecified atom stereocenters. The fourth-order valence-electron chi connectivity index (χ4n) is 1.63. The van der Waals surface area contributed by atoms with Gasteiger partial charge in [0.15, 0.2) is 0 Å². The van der Waals surface area contributed by atoms with E-state index in [1.54, 1.807) is 0 Å². The molecule has 2 heteroatoms. The Hall–Kier alpha value is -1.85. The zero-order chi connectivity index (χ0) is 11.2. The van der Waals surface area contributed by atoms with Crippen LogP contribution in [-0.4, -0.2) is 11.5 Å². The van der Waals surface area contributed by atoms with E-state index in [0.717, 1.165) is 25.0 Å². The summed E-state index contributed by atoms with van der Waals surface area (Å²) >= 11 is 0. The molecule has 2 rings (SSSR count). The van der Waals surface area contributed by atoms with Crippen LogP contribution < -0.4 is 5.32 Å². The zero-order valence-electron chi connectivity index (χ0n) is 9.11. The highest BCUT2D eigenvalue weighted by Crippen LogP contribution is 2.12. The van der Waals surface area contributed by atoms with E-state index in [4.69, 9.17) is 6.42 Å². The van der Waals surface area contributed by atoms with E-state index in [2.05, 4.69) is 34.4 Å². The number of aromatic nitrogens is 1. The molecular formula is C14H14N2. The highest BCUT2D eigenvalue weighted by atomic mass is 14.8. The summed E-state index contributed by atoms with van der Waals surface area (Å²) in [5.41, 5.74) is 2.30. The van der Waals surface area contributed by atoms with Crippen molar-refractivity contribution in [1.82, 2.24) is 10.3 Å². The molecule has 1 heterocycles. The number of fused-ring (bicyclic) bond motifs is 1. The summed E-state index contributed by atoms with van der Waals surface area (Å²) in [5.74, 6) is 2.61. The first-order chi connectivity index (χ1) is 7.90. The van der Waals surface area contributed by atoms with E-state index in [0.29, 0.717) is 0 Å². The maximum Gasteiger partial charge on any atom is 0.0702 e. The topological polar surface area (TPSA) is 24.9 Å². The van der Waals surface area contributed by atoms with E-state index in [1.165, 1.54) is 10.9 Å². The molecule has 0 fully saturated rings. The van der Waals surface area contributed by atoms with Crippen LogP contribution in [0.25, 0.3) is 10.9 Å². The maximum absolute atomic E-state index is 5.18. The molecule has 2 nitrogen and oxygen atoms in total. The van der Waals surface area contributed by atoms with Crippen molar-refractivity contribution in [3.63, 3.8) is 0 Å². The van der Waals surface area contributed by atoms with Gasteiger partial charge in [-0.05, 0) is 23.8 Å². The summed E-state index contributed by atoms with van der Waals surface area (Å²) < 4.78 is 0. The van der Waals surface area contributed by atoms with Crippen LogP contribution in [0, 0.1) is 12.3 Å². The molecule has 0 saturated carbocycles. The third kappa shape index (κ3) is 2.59. The van der Waals surface area contributed by atoms with Gasteiger partial charge in [0.25, 0.3) is 0 Å². The molecular weight excluding hydrogens is 196 g/mol. The summed E-state index contributed by atoms with van der Waals surface area (Å²) in [7, 11) is 0. The van der Waals surface area contributed by atoms with Crippen LogP contribution in [0.1, 0.15) is 12.0 Å². The van der Waals surface area contributed by atoms with E-state index < -0.39 is 0 Å². The Morgan fingerprint density at radius 1 is 1.31 bits per heavy atom. The molecule has 0 radical (unpaired) electrons. The molecule has 16 heavy (non-hydrogen) atoms. The Labute approximate surface area is 95.7 Å². The van der Waals surface area contributed by atoms with Gasteiger partial charge in [0.05, 0.1) is 5.52 Å². The Kier molecular flexibility index (Phi) is 3.53. The average molecular weight is 210 g/mol. The molecule has 0 atom stereocenters. The fraction of sp³-hybridized carbons (Fsp3) is 0.214. The molecule has 0 spiro atoms. The second kappa shape index (κ2) is 5.29. The van der Waals surface area contributed by atoms with Crippen LogP contribution in [0.4, 0.5) is 0 Å². The van der Waals surface area contributed by atoms with Gasteiger partial charge in [-0.2, -0.15) is 0 Å². The first-order valence-electron chi connectivity index (χ1n) is 5.38. The van der Waals surface area contributed by atoms with Gasteiger partial charge in [-0.1, -0.05) is 12.1 Å². The van der Waals surface area contributed by atoms with Crippen molar-refractivity contribution < 1.29 is 0 Å². The van der Waals surface area contributed by atoms with Crippen LogP contribution >= 0.6 is 0 Å². The molecule has 1 aromatic carbocycles. The molecule has 1 aromatic heterocycles. The van der Waals surface area contributed by atoms with Gasteiger partial charge in [-0.25, -0.2) is 0 Å². The highest BCUT2D eigenvalue weighted by molar-refractivity contribution is 5.78. The quantitative estimate of drug-likeness (QED) is 0.619. The third-order valence-electron chi connectivity index (χ3n) is 2.44. The van der Waals surface area contributed by atoms with Crippen LogP contribution in [-0.2, 0) is 6.54 Å².